The molecule has 1 rings (SSSR count). The van der Waals surface area contributed by atoms with Crippen LogP contribution in [0.1, 0.15) is 13.3 Å². The molecule has 2 amide bonds. The molecule has 0 spiro atoms. The van der Waals surface area contributed by atoms with Gasteiger partial charge in [0, 0.05) is 12.1 Å². The van der Waals surface area contributed by atoms with Crippen LogP contribution in [0.3, 0.4) is 0 Å². The van der Waals surface area contributed by atoms with Crippen molar-refractivity contribution in [2.24, 2.45) is 5.73 Å². The van der Waals surface area contributed by atoms with Gasteiger partial charge >= 0.3 is 6.09 Å². The minimum atomic E-state index is -0.861. The molecule has 0 bridgehead atoms. The summed E-state index contributed by atoms with van der Waals surface area (Å²) in [7, 11) is 0. The Hall–Kier alpha value is -2.04. The van der Waals surface area contributed by atoms with Crippen LogP contribution >= 0.6 is 0 Å². The molecule has 0 saturated heterocycles. The summed E-state index contributed by atoms with van der Waals surface area (Å²) in [5, 5.41) is 2.66. The van der Waals surface area contributed by atoms with Crippen LogP contribution in [0.2, 0.25) is 0 Å². The Kier molecular flexibility index (Phi) is 3.68. The fourth-order valence-electron chi connectivity index (χ4n) is 0.972. The monoisotopic (exact) mass is 208 g/mol. The van der Waals surface area contributed by atoms with E-state index in [9.17, 15) is 9.59 Å². The zero-order valence-corrected chi connectivity index (χ0v) is 8.32. The quantitative estimate of drug-likeness (QED) is 0.789. The number of primary amides is 1. The standard InChI is InChI=1S/C10H12N2O3/c1-2-9(13)12-7-3-5-8(6-4-7)15-10(11)14/h3-6H,2H2,1H3,(H2,11,14)(H,12,13). The normalized spacial score (nSPS) is 9.40. The average Bonchev–Trinajstić information content (AvgIpc) is 2.20. The molecular formula is C10H12N2O3. The highest BCUT2D eigenvalue weighted by Gasteiger charge is 2.00. The molecule has 0 fully saturated rings. The Labute approximate surface area is 87.2 Å². The SMILES string of the molecule is CCC(=O)Nc1ccc(OC(N)=O)cc1. The summed E-state index contributed by atoms with van der Waals surface area (Å²) in [5.41, 5.74) is 5.49. The summed E-state index contributed by atoms with van der Waals surface area (Å²) in [4.78, 5) is 21.4. The molecule has 15 heavy (non-hydrogen) atoms. The molecule has 5 heteroatoms. The van der Waals surface area contributed by atoms with Crippen molar-refractivity contribution in [2.75, 3.05) is 5.32 Å². The average molecular weight is 208 g/mol. The lowest BCUT2D eigenvalue weighted by molar-refractivity contribution is -0.115. The molecular weight excluding hydrogens is 196 g/mol. The first-order valence-electron chi connectivity index (χ1n) is 4.49. The van der Waals surface area contributed by atoms with E-state index in [1.165, 1.54) is 0 Å². The Bertz CT molecular complexity index is 359. The lowest BCUT2D eigenvalue weighted by Crippen LogP contribution is -2.16. The first-order valence-corrected chi connectivity index (χ1v) is 4.49. The number of ether oxygens (including phenoxy) is 1. The van der Waals surface area contributed by atoms with Crippen LogP contribution in [-0.4, -0.2) is 12.0 Å². The first-order chi connectivity index (χ1) is 7.11. The van der Waals surface area contributed by atoms with Crippen molar-refractivity contribution < 1.29 is 14.3 Å². The van der Waals surface area contributed by atoms with Gasteiger partial charge in [-0.2, -0.15) is 0 Å². The van der Waals surface area contributed by atoms with E-state index in [2.05, 4.69) is 10.1 Å². The van der Waals surface area contributed by atoms with Gasteiger partial charge in [-0.1, -0.05) is 6.92 Å². The minimum absolute atomic E-state index is 0.0708. The van der Waals surface area contributed by atoms with Crippen molar-refractivity contribution in [1.82, 2.24) is 0 Å². The maximum absolute atomic E-state index is 11.0. The van der Waals surface area contributed by atoms with E-state index in [-0.39, 0.29) is 5.91 Å². The Morgan fingerprint density at radius 2 is 1.93 bits per heavy atom. The predicted molar refractivity (Wildman–Crippen MR) is 55.6 cm³/mol. The van der Waals surface area contributed by atoms with Gasteiger partial charge in [0.05, 0.1) is 0 Å². The second kappa shape index (κ2) is 4.99. The van der Waals surface area contributed by atoms with Crippen molar-refractivity contribution >= 4 is 17.7 Å². The van der Waals surface area contributed by atoms with Gasteiger partial charge < -0.3 is 15.8 Å². The van der Waals surface area contributed by atoms with E-state index >= 15 is 0 Å². The second-order valence-corrected chi connectivity index (χ2v) is 2.85. The van der Waals surface area contributed by atoms with Crippen molar-refractivity contribution in [3.8, 4) is 5.75 Å². The number of benzene rings is 1. The Morgan fingerprint density at radius 3 is 2.40 bits per heavy atom. The Balaban J connectivity index is 2.64. The van der Waals surface area contributed by atoms with Crippen LogP contribution in [0.5, 0.6) is 5.75 Å². The molecule has 80 valence electrons. The van der Waals surface area contributed by atoms with Crippen LogP contribution in [-0.2, 0) is 4.79 Å². The number of amides is 2. The lowest BCUT2D eigenvalue weighted by atomic mass is 10.3. The first kappa shape index (κ1) is 11.0. The summed E-state index contributed by atoms with van der Waals surface area (Å²) in [6, 6.07) is 6.36. The van der Waals surface area contributed by atoms with Gasteiger partial charge in [0.1, 0.15) is 5.75 Å². The molecule has 0 aliphatic carbocycles. The van der Waals surface area contributed by atoms with Gasteiger partial charge in [-0.25, -0.2) is 4.79 Å². The highest BCUT2D eigenvalue weighted by Crippen LogP contribution is 2.15. The summed E-state index contributed by atoms with van der Waals surface area (Å²) in [5.74, 6) is 0.274. The van der Waals surface area contributed by atoms with Gasteiger partial charge in [-0.05, 0) is 24.3 Å². The summed E-state index contributed by atoms with van der Waals surface area (Å²) >= 11 is 0. The minimum Gasteiger partial charge on any atom is -0.411 e. The predicted octanol–water partition coefficient (Wildman–Crippen LogP) is 1.49. The molecule has 0 radical (unpaired) electrons. The molecule has 3 N–H and O–H groups in total. The maximum Gasteiger partial charge on any atom is 0.409 e. The highest BCUT2D eigenvalue weighted by molar-refractivity contribution is 5.90. The van der Waals surface area contributed by atoms with Gasteiger partial charge in [0.15, 0.2) is 0 Å². The second-order valence-electron chi connectivity index (χ2n) is 2.85. The number of carbonyl (C=O) groups is 2. The summed E-state index contributed by atoms with van der Waals surface area (Å²) < 4.78 is 4.63. The van der Waals surface area contributed by atoms with E-state index in [0.29, 0.717) is 17.9 Å². The third kappa shape index (κ3) is 3.68. The van der Waals surface area contributed by atoms with Crippen molar-refractivity contribution in [2.45, 2.75) is 13.3 Å². The number of nitrogens with one attached hydrogen (secondary N) is 1. The van der Waals surface area contributed by atoms with Gasteiger partial charge in [0.25, 0.3) is 0 Å². The molecule has 0 unspecified atom stereocenters. The number of carbonyl (C=O) groups excluding carboxylic acids is 2. The number of anilines is 1. The van der Waals surface area contributed by atoms with Gasteiger partial charge in [-0.15, -0.1) is 0 Å². The fraction of sp³-hybridized carbons (Fsp3) is 0.200. The van der Waals surface area contributed by atoms with E-state index in [1.807, 2.05) is 0 Å². The van der Waals surface area contributed by atoms with E-state index in [1.54, 1.807) is 31.2 Å². The van der Waals surface area contributed by atoms with Crippen LogP contribution in [0.4, 0.5) is 10.5 Å². The number of hydrogen-bond acceptors (Lipinski definition) is 3. The molecule has 0 aliphatic heterocycles. The van der Waals surface area contributed by atoms with E-state index in [4.69, 9.17) is 5.73 Å². The smallest absolute Gasteiger partial charge is 0.409 e. The third-order valence-electron chi connectivity index (χ3n) is 1.68. The topological polar surface area (TPSA) is 81.4 Å². The van der Waals surface area contributed by atoms with Crippen LogP contribution < -0.4 is 15.8 Å². The van der Waals surface area contributed by atoms with E-state index < -0.39 is 6.09 Å². The molecule has 0 aromatic heterocycles. The maximum atomic E-state index is 11.0. The van der Waals surface area contributed by atoms with Crippen molar-refractivity contribution in [3.63, 3.8) is 0 Å². The van der Waals surface area contributed by atoms with Gasteiger partial charge in [0.2, 0.25) is 5.91 Å². The molecule has 1 aromatic carbocycles. The zero-order valence-electron chi connectivity index (χ0n) is 8.32. The van der Waals surface area contributed by atoms with Crippen molar-refractivity contribution in [3.05, 3.63) is 24.3 Å². The number of hydrogen-bond donors (Lipinski definition) is 2. The summed E-state index contributed by atoms with van der Waals surface area (Å²) in [6.07, 6.45) is -0.445. The zero-order chi connectivity index (χ0) is 11.3. The van der Waals surface area contributed by atoms with Crippen molar-refractivity contribution in [1.29, 1.82) is 0 Å². The Morgan fingerprint density at radius 1 is 1.33 bits per heavy atom. The van der Waals surface area contributed by atoms with Gasteiger partial charge in [-0.3, -0.25) is 4.79 Å². The largest absolute Gasteiger partial charge is 0.411 e. The van der Waals surface area contributed by atoms with Crippen LogP contribution in [0, 0.1) is 0 Å². The lowest BCUT2D eigenvalue weighted by Gasteiger charge is -2.04. The molecule has 0 heterocycles. The molecule has 1 aromatic rings. The van der Waals surface area contributed by atoms with E-state index in [0.717, 1.165) is 0 Å². The van der Waals surface area contributed by atoms with Crippen LogP contribution in [0.25, 0.3) is 0 Å². The molecule has 5 nitrogen and oxygen atoms in total. The number of rotatable bonds is 3. The molecule has 0 saturated carbocycles. The van der Waals surface area contributed by atoms with Crippen LogP contribution in [0.15, 0.2) is 24.3 Å². The fourth-order valence-corrected chi connectivity index (χ4v) is 0.972. The highest BCUT2D eigenvalue weighted by atomic mass is 16.5. The molecule has 0 aliphatic rings. The molecule has 0 atom stereocenters. The summed E-state index contributed by atoms with van der Waals surface area (Å²) in [6.45, 7) is 1.76. The number of nitrogens with two attached hydrogens (primary N) is 1. The third-order valence-corrected chi connectivity index (χ3v) is 1.68.